The number of nitrogens with zero attached hydrogens (tertiary/aromatic N) is 3. The number of para-hydroxylation sites is 2. The molecule has 0 aliphatic rings. The molecule has 1 amide bonds. The molecular formula is C21H25N3O5S. The minimum atomic E-state index is -3.30. The molecule has 3 aromatic rings. The van der Waals surface area contributed by atoms with Gasteiger partial charge in [-0.2, -0.15) is 0 Å². The number of amides is 1. The van der Waals surface area contributed by atoms with Crippen molar-refractivity contribution in [2.75, 3.05) is 27.5 Å². The Labute approximate surface area is 176 Å². The van der Waals surface area contributed by atoms with Gasteiger partial charge in [-0.1, -0.05) is 12.1 Å². The molecule has 1 aromatic heterocycles. The highest BCUT2D eigenvalue weighted by molar-refractivity contribution is 7.89. The van der Waals surface area contributed by atoms with Crippen molar-refractivity contribution in [3.63, 3.8) is 0 Å². The van der Waals surface area contributed by atoms with Crippen LogP contribution in [0.1, 0.15) is 11.4 Å². The van der Waals surface area contributed by atoms with Crippen molar-refractivity contribution in [3.8, 4) is 11.5 Å². The van der Waals surface area contributed by atoms with Crippen molar-refractivity contribution in [2.24, 2.45) is 0 Å². The quantitative estimate of drug-likeness (QED) is 0.543. The van der Waals surface area contributed by atoms with Gasteiger partial charge in [-0.05, 0) is 24.3 Å². The Morgan fingerprint density at radius 3 is 2.53 bits per heavy atom. The Bertz CT molecular complexity index is 1170. The average molecular weight is 432 g/mol. The van der Waals surface area contributed by atoms with Crippen LogP contribution in [-0.2, 0) is 33.5 Å². The van der Waals surface area contributed by atoms with Gasteiger partial charge in [0.1, 0.15) is 29.6 Å². The van der Waals surface area contributed by atoms with Crippen LogP contribution in [0.25, 0.3) is 11.0 Å². The molecule has 160 valence electrons. The van der Waals surface area contributed by atoms with Gasteiger partial charge in [-0.3, -0.25) is 4.79 Å². The highest BCUT2D eigenvalue weighted by Crippen LogP contribution is 2.26. The number of likely N-dealkylation sites (N-methyl/N-ethyl adjacent to an activating group) is 1. The molecule has 9 heteroatoms. The van der Waals surface area contributed by atoms with Gasteiger partial charge in [-0.15, -0.1) is 0 Å². The van der Waals surface area contributed by atoms with Gasteiger partial charge in [0.05, 0.1) is 25.3 Å². The predicted octanol–water partition coefficient (Wildman–Crippen LogP) is 2.26. The molecular weight excluding hydrogens is 406 g/mol. The zero-order valence-corrected chi connectivity index (χ0v) is 18.3. The number of aromatic nitrogens is 2. The van der Waals surface area contributed by atoms with Gasteiger partial charge < -0.3 is 18.9 Å². The summed E-state index contributed by atoms with van der Waals surface area (Å²) >= 11 is 0. The number of hydrogen-bond acceptors (Lipinski definition) is 6. The van der Waals surface area contributed by atoms with Crippen molar-refractivity contribution in [3.05, 3.63) is 53.9 Å². The smallest absolute Gasteiger partial charge is 0.242 e. The number of carbonyl (C=O) groups excluding carboxylic acids is 1. The van der Waals surface area contributed by atoms with Crippen LogP contribution in [0, 0.1) is 0 Å². The number of imidazole rings is 1. The van der Waals surface area contributed by atoms with Crippen LogP contribution in [0.5, 0.6) is 11.5 Å². The second kappa shape index (κ2) is 8.74. The normalized spacial score (nSPS) is 11.5. The van der Waals surface area contributed by atoms with Crippen LogP contribution < -0.4 is 9.47 Å². The average Bonchev–Trinajstić information content (AvgIpc) is 3.03. The maximum atomic E-state index is 13.0. The molecule has 1 heterocycles. The molecule has 0 spiro atoms. The van der Waals surface area contributed by atoms with E-state index in [-0.39, 0.29) is 18.2 Å². The molecule has 0 saturated carbocycles. The maximum absolute atomic E-state index is 13.0. The molecule has 0 fully saturated rings. The van der Waals surface area contributed by atoms with E-state index in [0.717, 1.165) is 17.3 Å². The molecule has 0 atom stereocenters. The summed E-state index contributed by atoms with van der Waals surface area (Å²) < 4.78 is 36.0. The van der Waals surface area contributed by atoms with E-state index in [1.165, 1.54) is 0 Å². The van der Waals surface area contributed by atoms with E-state index in [9.17, 15) is 13.2 Å². The minimum Gasteiger partial charge on any atom is -0.497 e. The molecule has 30 heavy (non-hydrogen) atoms. The Hall–Kier alpha value is -3.07. The van der Waals surface area contributed by atoms with E-state index in [2.05, 4.69) is 4.98 Å². The third kappa shape index (κ3) is 4.91. The third-order valence-corrected chi connectivity index (χ3v) is 5.53. The van der Waals surface area contributed by atoms with E-state index >= 15 is 0 Å². The van der Waals surface area contributed by atoms with E-state index in [1.807, 2.05) is 30.3 Å². The van der Waals surface area contributed by atoms with Crippen molar-refractivity contribution >= 4 is 26.8 Å². The van der Waals surface area contributed by atoms with Gasteiger partial charge >= 0.3 is 0 Å². The first-order valence-electron chi connectivity index (χ1n) is 9.28. The predicted molar refractivity (Wildman–Crippen MR) is 114 cm³/mol. The summed E-state index contributed by atoms with van der Waals surface area (Å²) in [6.45, 7) is 0.320. The molecule has 0 saturated heterocycles. The van der Waals surface area contributed by atoms with Crippen molar-refractivity contribution in [1.82, 2.24) is 14.5 Å². The highest BCUT2D eigenvalue weighted by Gasteiger charge is 2.19. The molecule has 3 rings (SSSR count). The van der Waals surface area contributed by atoms with Crippen LogP contribution in [0.3, 0.4) is 0 Å². The lowest BCUT2D eigenvalue weighted by Gasteiger charge is -2.20. The second-order valence-corrected chi connectivity index (χ2v) is 9.24. The Balaban J connectivity index is 1.85. The fourth-order valence-electron chi connectivity index (χ4n) is 3.23. The summed E-state index contributed by atoms with van der Waals surface area (Å²) in [4.78, 5) is 19.0. The summed E-state index contributed by atoms with van der Waals surface area (Å²) in [7, 11) is 1.53. The Kier molecular flexibility index (Phi) is 6.31. The molecule has 0 radical (unpaired) electrons. The van der Waals surface area contributed by atoms with Crippen molar-refractivity contribution < 1.29 is 22.7 Å². The summed E-state index contributed by atoms with van der Waals surface area (Å²) in [5.41, 5.74) is 2.21. The first-order valence-corrected chi connectivity index (χ1v) is 11.3. The zero-order chi connectivity index (χ0) is 21.9. The fourth-order valence-corrected chi connectivity index (χ4v) is 3.92. The number of ether oxygens (including phenoxy) is 2. The summed E-state index contributed by atoms with van der Waals surface area (Å²) in [6, 6.07) is 12.7. The van der Waals surface area contributed by atoms with Gasteiger partial charge in [0.15, 0.2) is 9.84 Å². The van der Waals surface area contributed by atoms with Crippen LogP contribution in [0.2, 0.25) is 0 Å². The molecule has 8 nitrogen and oxygen atoms in total. The monoisotopic (exact) mass is 431 g/mol. The van der Waals surface area contributed by atoms with E-state index in [0.29, 0.717) is 29.4 Å². The highest BCUT2D eigenvalue weighted by atomic mass is 32.2. The van der Waals surface area contributed by atoms with Crippen LogP contribution in [0.4, 0.5) is 0 Å². The number of carbonyl (C=O) groups is 1. The van der Waals surface area contributed by atoms with Crippen LogP contribution in [-0.4, -0.2) is 56.3 Å². The van der Waals surface area contributed by atoms with Gasteiger partial charge in [0.2, 0.25) is 5.91 Å². The fraction of sp³-hybridized carbons (Fsp3) is 0.333. The molecule has 0 bridgehead atoms. The second-order valence-electron chi connectivity index (χ2n) is 7.10. The summed E-state index contributed by atoms with van der Waals surface area (Å²) in [5, 5.41) is 0. The SMILES string of the molecule is COc1ccc(CN(C)C(=O)Cn2c(CS(C)(=O)=O)nc3ccccc32)c(OC)c1. The molecule has 0 N–H and O–H groups in total. The van der Waals surface area contributed by atoms with Crippen molar-refractivity contribution in [1.29, 1.82) is 0 Å². The lowest BCUT2D eigenvalue weighted by molar-refractivity contribution is -0.131. The first kappa shape index (κ1) is 21.6. The number of benzene rings is 2. The van der Waals surface area contributed by atoms with Gasteiger partial charge in [0, 0.05) is 31.5 Å². The number of sulfone groups is 1. The minimum absolute atomic E-state index is 0.0136. The number of methoxy groups -OCH3 is 2. The van der Waals surface area contributed by atoms with Gasteiger partial charge in [0.25, 0.3) is 0 Å². The van der Waals surface area contributed by atoms with E-state index < -0.39 is 9.84 Å². The lowest BCUT2D eigenvalue weighted by Crippen LogP contribution is -2.30. The maximum Gasteiger partial charge on any atom is 0.242 e. The molecule has 0 aliphatic heterocycles. The summed E-state index contributed by atoms with van der Waals surface area (Å²) in [6.07, 6.45) is 1.15. The molecule has 2 aromatic carbocycles. The van der Waals surface area contributed by atoms with Gasteiger partial charge in [-0.25, -0.2) is 13.4 Å². The van der Waals surface area contributed by atoms with E-state index in [4.69, 9.17) is 9.47 Å². The zero-order valence-electron chi connectivity index (χ0n) is 17.5. The van der Waals surface area contributed by atoms with Crippen molar-refractivity contribution in [2.45, 2.75) is 18.8 Å². The number of fused-ring (bicyclic) bond motifs is 1. The Morgan fingerprint density at radius 1 is 1.13 bits per heavy atom. The van der Waals surface area contributed by atoms with Crippen LogP contribution >= 0.6 is 0 Å². The standard InChI is InChI=1S/C21H25N3O5S/c1-23(12-15-9-10-16(28-2)11-19(15)29-3)21(25)13-24-18-8-6-5-7-17(18)22-20(24)14-30(4,26)27/h5-11H,12-14H2,1-4H3. The topological polar surface area (TPSA) is 90.7 Å². The Morgan fingerprint density at radius 2 is 1.87 bits per heavy atom. The number of hydrogen-bond donors (Lipinski definition) is 0. The lowest BCUT2D eigenvalue weighted by atomic mass is 10.1. The third-order valence-electron chi connectivity index (χ3n) is 4.75. The molecule has 0 unspecified atom stereocenters. The van der Waals surface area contributed by atoms with E-state index in [1.54, 1.807) is 42.9 Å². The summed E-state index contributed by atoms with van der Waals surface area (Å²) in [5.74, 6) is 1.23. The largest absolute Gasteiger partial charge is 0.497 e. The first-order chi connectivity index (χ1) is 14.2. The molecule has 0 aliphatic carbocycles. The number of rotatable bonds is 8. The van der Waals surface area contributed by atoms with Crippen LogP contribution in [0.15, 0.2) is 42.5 Å².